The lowest BCUT2D eigenvalue weighted by Crippen LogP contribution is -2.39. The maximum Gasteiger partial charge on any atom is 0.261 e. The zero-order valence-electron chi connectivity index (χ0n) is 15.3. The molecule has 0 fully saturated rings. The molecule has 0 bridgehead atoms. The Labute approximate surface area is 150 Å². The third-order valence-corrected chi connectivity index (χ3v) is 4.91. The van der Waals surface area contributed by atoms with Crippen molar-refractivity contribution in [3.63, 3.8) is 0 Å². The highest BCUT2D eigenvalue weighted by Gasteiger charge is 2.21. The zero-order valence-corrected chi connectivity index (χ0v) is 15.3. The van der Waals surface area contributed by atoms with E-state index in [-0.39, 0.29) is 11.9 Å². The Hall–Kier alpha value is -2.29. The molecule has 1 amide bonds. The molecule has 0 spiro atoms. The van der Waals surface area contributed by atoms with Crippen molar-refractivity contribution in [1.82, 2.24) is 5.32 Å². The third-order valence-electron chi connectivity index (χ3n) is 4.91. The van der Waals surface area contributed by atoms with Gasteiger partial charge in [0.2, 0.25) is 0 Å². The van der Waals surface area contributed by atoms with Crippen molar-refractivity contribution in [3.8, 4) is 5.75 Å². The van der Waals surface area contributed by atoms with E-state index in [0.717, 1.165) is 17.7 Å². The van der Waals surface area contributed by atoms with E-state index in [1.807, 2.05) is 45.0 Å². The highest BCUT2D eigenvalue weighted by molar-refractivity contribution is 5.81. The number of benzene rings is 2. The number of hydrogen-bond donors (Lipinski definition) is 1. The molecule has 2 aromatic carbocycles. The predicted molar refractivity (Wildman–Crippen MR) is 101 cm³/mol. The number of ether oxygens (including phenoxy) is 1. The Balaban J connectivity index is 1.65. The van der Waals surface area contributed by atoms with Crippen LogP contribution in [0.4, 0.5) is 0 Å². The quantitative estimate of drug-likeness (QED) is 0.842. The molecule has 3 nitrogen and oxygen atoms in total. The van der Waals surface area contributed by atoms with Gasteiger partial charge in [0, 0.05) is 0 Å². The Morgan fingerprint density at radius 2 is 1.96 bits per heavy atom. The Morgan fingerprint density at radius 3 is 2.72 bits per heavy atom. The van der Waals surface area contributed by atoms with E-state index < -0.39 is 6.10 Å². The molecule has 132 valence electrons. The molecule has 25 heavy (non-hydrogen) atoms. The second-order valence-electron chi connectivity index (χ2n) is 6.94. The van der Waals surface area contributed by atoms with Crippen LogP contribution in [-0.2, 0) is 17.6 Å². The molecule has 0 saturated carbocycles. The minimum Gasteiger partial charge on any atom is -0.481 e. The monoisotopic (exact) mass is 337 g/mol. The normalized spacial score (nSPS) is 15.3. The molecule has 0 heterocycles. The molecule has 1 aliphatic rings. The number of fused-ring (bicyclic) bond motifs is 1. The van der Waals surface area contributed by atoms with Gasteiger partial charge in [-0.15, -0.1) is 0 Å². The van der Waals surface area contributed by atoms with Crippen molar-refractivity contribution in [2.24, 2.45) is 0 Å². The van der Waals surface area contributed by atoms with Gasteiger partial charge in [0.1, 0.15) is 5.75 Å². The number of amides is 1. The second kappa shape index (κ2) is 7.73. The summed E-state index contributed by atoms with van der Waals surface area (Å²) < 4.78 is 5.90. The van der Waals surface area contributed by atoms with Crippen molar-refractivity contribution in [3.05, 3.63) is 64.7 Å². The van der Waals surface area contributed by atoms with Crippen LogP contribution in [0.5, 0.6) is 5.75 Å². The van der Waals surface area contributed by atoms with E-state index >= 15 is 0 Å². The first-order chi connectivity index (χ1) is 12.1. The van der Waals surface area contributed by atoms with Crippen molar-refractivity contribution in [2.75, 3.05) is 0 Å². The lowest BCUT2D eigenvalue weighted by atomic mass is 10.0. The Bertz CT molecular complexity index is 753. The maximum absolute atomic E-state index is 12.6. The van der Waals surface area contributed by atoms with Crippen LogP contribution in [0.2, 0.25) is 0 Å². The van der Waals surface area contributed by atoms with Crippen LogP contribution >= 0.6 is 0 Å². The average Bonchev–Trinajstić information content (AvgIpc) is 3.07. The first-order valence-electron chi connectivity index (χ1n) is 9.22. The largest absolute Gasteiger partial charge is 0.481 e. The molecule has 0 aliphatic heterocycles. The Kier molecular flexibility index (Phi) is 5.42. The fourth-order valence-electron chi connectivity index (χ4n) is 3.43. The molecule has 2 atom stereocenters. The zero-order chi connectivity index (χ0) is 17.8. The van der Waals surface area contributed by atoms with Crippen molar-refractivity contribution < 1.29 is 9.53 Å². The van der Waals surface area contributed by atoms with E-state index in [0.29, 0.717) is 6.42 Å². The molecule has 0 saturated heterocycles. The number of rotatable bonds is 6. The standard InChI is InChI=1S/C22H27NO2/c1-4-21(25-20-10-5-7-15(2)13-20)22(24)23-16(3)18-12-11-17-8-6-9-19(17)14-18/h5,7,10-14,16,21H,4,6,8-9H2,1-3H3,(H,23,24)/t16-,21-/m0/s1. The number of nitrogens with one attached hydrogen (secondary N) is 1. The van der Waals surface area contributed by atoms with E-state index in [2.05, 4.69) is 23.5 Å². The van der Waals surface area contributed by atoms with Gasteiger partial charge in [0.25, 0.3) is 5.91 Å². The summed E-state index contributed by atoms with van der Waals surface area (Å²) in [6, 6.07) is 14.4. The highest BCUT2D eigenvalue weighted by atomic mass is 16.5. The van der Waals surface area contributed by atoms with Crippen LogP contribution in [0.25, 0.3) is 0 Å². The molecule has 0 radical (unpaired) electrons. The number of hydrogen-bond acceptors (Lipinski definition) is 2. The maximum atomic E-state index is 12.6. The molecular formula is C22H27NO2. The van der Waals surface area contributed by atoms with Gasteiger partial charge in [-0.1, -0.05) is 37.3 Å². The molecular weight excluding hydrogens is 310 g/mol. The van der Waals surface area contributed by atoms with E-state index in [1.54, 1.807) is 0 Å². The van der Waals surface area contributed by atoms with Gasteiger partial charge in [0.15, 0.2) is 6.10 Å². The predicted octanol–water partition coefficient (Wildman–Crippen LogP) is 4.52. The van der Waals surface area contributed by atoms with Crippen molar-refractivity contribution in [2.45, 2.75) is 58.6 Å². The third kappa shape index (κ3) is 4.22. The van der Waals surface area contributed by atoms with E-state index in [9.17, 15) is 4.79 Å². The molecule has 0 unspecified atom stereocenters. The van der Waals surface area contributed by atoms with Crippen LogP contribution in [0, 0.1) is 6.92 Å². The summed E-state index contributed by atoms with van der Waals surface area (Å²) in [6.07, 6.45) is 3.73. The number of carbonyl (C=O) groups excluding carboxylic acids is 1. The smallest absolute Gasteiger partial charge is 0.261 e. The topological polar surface area (TPSA) is 38.3 Å². The van der Waals surface area contributed by atoms with Gasteiger partial charge >= 0.3 is 0 Å². The van der Waals surface area contributed by atoms with Crippen LogP contribution in [-0.4, -0.2) is 12.0 Å². The molecule has 1 aliphatic carbocycles. The average molecular weight is 337 g/mol. The van der Waals surface area contributed by atoms with Crippen LogP contribution in [0.3, 0.4) is 0 Å². The fourth-order valence-corrected chi connectivity index (χ4v) is 3.43. The van der Waals surface area contributed by atoms with E-state index in [4.69, 9.17) is 4.74 Å². The summed E-state index contributed by atoms with van der Waals surface area (Å²) in [6.45, 7) is 6.03. The van der Waals surface area contributed by atoms with Gasteiger partial charge in [-0.05, 0) is 73.9 Å². The van der Waals surface area contributed by atoms with Crippen LogP contribution in [0.15, 0.2) is 42.5 Å². The van der Waals surface area contributed by atoms with Gasteiger partial charge < -0.3 is 10.1 Å². The van der Waals surface area contributed by atoms with Crippen molar-refractivity contribution >= 4 is 5.91 Å². The summed E-state index contributed by atoms with van der Waals surface area (Å²) in [5.41, 5.74) is 5.18. The van der Waals surface area contributed by atoms with Crippen molar-refractivity contribution in [1.29, 1.82) is 0 Å². The summed E-state index contributed by atoms with van der Waals surface area (Å²) in [5.74, 6) is 0.684. The summed E-state index contributed by atoms with van der Waals surface area (Å²) in [4.78, 5) is 12.6. The molecule has 3 rings (SSSR count). The first-order valence-corrected chi connectivity index (χ1v) is 9.22. The van der Waals surface area contributed by atoms with Gasteiger partial charge in [-0.25, -0.2) is 0 Å². The second-order valence-corrected chi connectivity index (χ2v) is 6.94. The van der Waals surface area contributed by atoms with Crippen LogP contribution < -0.4 is 10.1 Å². The van der Waals surface area contributed by atoms with Gasteiger partial charge in [-0.2, -0.15) is 0 Å². The van der Waals surface area contributed by atoms with E-state index in [1.165, 1.54) is 29.5 Å². The van der Waals surface area contributed by atoms with Gasteiger partial charge in [0.05, 0.1) is 6.04 Å². The molecule has 0 aromatic heterocycles. The minimum absolute atomic E-state index is 0.0199. The summed E-state index contributed by atoms with van der Waals surface area (Å²) in [7, 11) is 0. The lowest BCUT2D eigenvalue weighted by Gasteiger charge is -2.21. The lowest BCUT2D eigenvalue weighted by molar-refractivity contribution is -0.128. The first kappa shape index (κ1) is 17.5. The van der Waals surface area contributed by atoms with Gasteiger partial charge in [-0.3, -0.25) is 4.79 Å². The van der Waals surface area contributed by atoms with Crippen LogP contribution in [0.1, 0.15) is 55.0 Å². The minimum atomic E-state index is -0.473. The molecule has 3 heteroatoms. The number of aryl methyl sites for hydroxylation is 3. The number of carbonyl (C=O) groups is 1. The Morgan fingerprint density at radius 1 is 1.16 bits per heavy atom. The highest BCUT2D eigenvalue weighted by Crippen LogP contribution is 2.25. The summed E-state index contributed by atoms with van der Waals surface area (Å²) >= 11 is 0. The molecule has 1 N–H and O–H groups in total. The summed E-state index contributed by atoms with van der Waals surface area (Å²) in [5, 5.41) is 3.11. The SMILES string of the molecule is CC[C@H](Oc1cccc(C)c1)C(=O)N[C@@H](C)c1ccc2c(c1)CCC2. The fraction of sp³-hybridized carbons (Fsp3) is 0.409. The molecule has 2 aromatic rings.